The van der Waals surface area contributed by atoms with E-state index < -0.39 is 0 Å². The average molecular weight is 466 g/mol. The predicted molar refractivity (Wildman–Crippen MR) is 144 cm³/mol. The summed E-state index contributed by atoms with van der Waals surface area (Å²) in [5, 5.41) is 2.19. The van der Waals surface area contributed by atoms with Crippen molar-refractivity contribution in [3.05, 3.63) is 36.4 Å². The van der Waals surface area contributed by atoms with Gasteiger partial charge in [-0.2, -0.15) is 5.06 Å². The van der Waals surface area contributed by atoms with Gasteiger partial charge in [-0.25, -0.2) is 4.98 Å². The summed E-state index contributed by atoms with van der Waals surface area (Å²) >= 11 is 0. The molecular weight excluding hydrogens is 422 g/mol. The third-order valence-electron chi connectivity index (χ3n) is 6.77. The molecule has 1 aliphatic heterocycles. The van der Waals surface area contributed by atoms with E-state index in [9.17, 15) is 0 Å². The van der Waals surface area contributed by atoms with Crippen LogP contribution in [0.2, 0.25) is 0 Å². The first-order valence-electron chi connectivity index (χ1n) is 12.9. The van der Waals surface area contributed by atoms with Gasteiger partial charge in [-0.05, 0) is 42.5 Å². The van der Waals surface area contributed by atoms with Gasteiger partial charge in [-0.15, -0.1) is 0 Å². The second-order valence-electron chi connectivity index (χ2n) is 11.3. The minimum atomic E-state index is 0.223. The zero-order valence-electron chi connectivity index (χ0n) is 22.0. The number of rotatable bonds is 7. The van der Waals surface area contributed by atoms with E-state index in [0.717, 1.165) is 55.5 Å². The number of nitrogens with zero attached hydrogens (tertiary/aromatic N) is 5. The van der Waals surface area contributed by atoms with E-state index >= 15 is 0 Å². The van der Waals surface area contributed by atoms with Crippen LogP contribution in [0.3, 0.4) is 0 Å². The molecule has 1 aromatic heterocycles. The standard InChI is InChI=1S/C28H43N5O/c1-28(2,3)21-31(6)26-16-15-25(29-27(26)30(4)5)22-11-13-23(14-12-22)32-17-19-33(20-18-32)34-24-9-7-8-10-24/h11-16,24H,7-10,17-21H2,1-6H3. The van der Waals surface area contributed by atoms with Gasteiger partial charge < -0.3 is 14.7 Å². The average Bonchev–Trinajstić information content (AvgIpc) is 3.31. The van der Waals surface area contributed by atoms with E-state index in [1.165, 1.54) is 31.4 Å². The van der Waals surface area contributed by atoms with Crippen molar-refractivity contribution >= 4 is 17.2 Å². The largest absolute Gasteiger partial charge is 0.371 e. The Morgan fingerprint density at radius 3 is 2.15 bits per heavy atom. The summed E-state index contributed by atoms with van der Waals surface area (Å²) in [5.41, 5.74) is 4.83. The van der Waals surface area contributed by atoms with Crippen LogP contribution in [-0.4, -0.2) is 70.0 Å². The van der Waals surface area contributed by atoms with Crippen LogP contribution in [0.4, 0.5) is 17.2 Å². The number of aromatic nitrogens is 1. The number of hydrogen-bond donors (Lipinski definition) is 0. The number of hydroxylamine groups is 2. The maximum absolute atomic E-state index is 6.19. The Balaban J connectivity index is 1.41. The molecule has 2 aliphatic rings. The fourth-order valence-electron chi connectivity index (χ4n) is 5.12. The zero-order chi connectivity index (χ0) is 24.3. The Kier molecular flexibility index (Phi) is 7.68. The molecule has 2 fully saturated rings. The van der Waals surface area contributed by atoms with Crippen LogP contribution in [-0.2, 0) is 4.84 Å². The van der Waals surface area contributed by atoms with E-state index in [0.29, 0.717) is 6.10 Å². The Morgan fingerprint density at radius 1 is 0.912 bits per heavy atom. The molecule has 34 heavy (non-hydrogen) atoms. The van der Waals surface area contributed by atoms with Gasteiger partial charge >= 0.3 is 0 Å². The van der Waals surface area contributed by atoms with Gasteiger partial charge in [0.2, 0.25) is 0 Å². The van der Waals surface area contributed by atoms with Gasteiger partial charge in [-0.1, -0.05) is 45.7 Å². The number of piperazine rings is 1. The lowest BCUT2D eigenvalue weighted by molar-refractivity contribution is -0.197. The van der Waals surface area contributed by atoms with Gasteiger partial charge in [0.05, 0.1) is 17.5 Å². The van der Waals surface area contributed by atoms with Crippen molar-refractivity contribution in [3.63, 3.8) is 0 Å². The van der Waals surface area contributed by atoms with E-state index in [2.05, 4.69) is 98.1 Å². The van der Waals surface area contributed by atoms with Gasteiger partial charge in [0.15, 0.2) is 5.82 Å². The molecule has 1 aromatic carbocycles. The molecular formula is C28H43N5O. The normalized spacial score (nSPS) is 17.9. The van der Waals surface area contributed by atoms with Crippen LogP contribution in [0.5, 0.6) is 0 Å². The number of pyridine rings is 1. The highest BCUT2D eigenvalue weighted by atomic mass is 16.7. The molecule has 6 heteroatoms. The number of hydrogen-bond acceptors (Lipinski definition) is 6. The number of anilines is 3. The summed E-state index contributed by atoms with van der Waals surface area (Å²) < 4.78 is 0. The van der Waals surface area contributed by atoms with Crippen molar-refractivity contribution in [2.75, 3.05) is 68.6 Å². The van der Waals surface area contributed by atoms with Crippen molar-refractivity contribution < 1.29 is 4.84 Å². The van der Waals surface area contributed by atoms with E-state index in [1.807, 2.05) is 0 Å². The highest BCUT2D eigenvalue weighted by Crippen LogP contribution is 2.32. The van der Waals surface area contributed by atoms with Crippen molar-refractivity contribution in [1.82, 2.24) is 10.0 Å². The first-order chi connectivity index (χ1) is 16.2. The van der Waals surface area contributed by atoms with E-state index in [4.69, 9.17) is 9.82 Å². The summed E-state index contributed by atoms with van der Waals surface area (Å²) in [6, 6.07) is 13.2. The molecule has 1 saturated carbocycles. The molecule has 0 amide bonds. The molecule has 0 atom stereocenters. The molecule has 0 N–H and O–H groups in total. The van der Waals surface area contributed by atoms with Gasteiger partial charge in [-0.3, -0.25) is 4.84 Å². The van der Waals surface area contributed by atoms with Crippen LogP contribution >= 0.6 is 0 Å². The van der Waals surface area contributed by atoms with Gasteiger partial charge in [0.1, 0.15) is 0 Å². The van der Waals surface area contributed by atoms with Crippen molar-refractivity contribution in [2.24, 2.45) is 5.41 Å². The third kappa shape index (κ3) is 6.22. The summed E-state index contributed by atoms with van der Waals surface area (Å²) in [6.07, 6.45) is 5.53. The third-order valence-corrected chi connectivity index (χ3v) is 6.77. The molecule has 0 spiro atoms. The highest BCUT2D eigenvalue weighted by Gasteiger charge is 2.23. The first kappa shape index (κ1) is 24.8. The molecule has 0 radical (unpaired) electrons. The van der Waals surface area contributed by atoms with E-state index in [-0.39, 0.29) is 5.41 Å². The molecule has 1 saturated heterocycles. The fraction of sp³-hybridized carbons (Fsp3) is 0.607. The minimum absolute atomic E-state index is 0.223. The second-order valence-corrected chi connectivity index (χ2v) is 11.3. The van der Waals surface area contributed by atoms with Crippen LogP contribution in [0.1, 0.15) is 46.5 Å². The highest BCUT2D eigenvalue weighted by molar-refractivity contribution is 5.73. The zero-order valence-corrected chi connectivity index (χ0v) is 22.0. The van der Waals surface area contributed by atoms with Gasteiger partial charge in [0.25, 0.3) is 0 Å². The molecule has 1 aliphatic carbocycles. The monoisotopic (exact) mass is 465 g/mol. The predicted octanol–water partition coefficient (Wildman–Crippen LogP) is 5.29. The molecule has 6 nitrogen and oxygen atoms in total. The van der Waals surface area contributed by atoms with Crippen LogP contribution < -0.4 is 14.7 Å². The molecule has 0 bridgehead atoms. The molecule has 2 aromatic rings. The van der Waals surface area contributed by atoms with Crippen molar-refractivity contribution in [3.8, 4) is 11.3 Å². The summed E-state index contributed by atoms with van der Waals surface area (Å²) in [6.45, 7) is 11.7. The topological polar surface area (TPSA) is 35.1 Å². The van der Waals surface area contributed by atoms with E-state index in [1.54, 1.807) is 0 Å². The lowest BCUT2D eigenvalue weighted by Crippen LogP contribution is -2.47. The summed E-state index contributed by atoms with van der Waals surface area (Å²) in [5.74, 6) is 1.01. The Labute approximate surface area is 206 Å². The Hall–Kier alpha value is -2.31. The maximum atomic E-state index is 6.19. The second kappa shape index (κ2) is 10.5. The van der Waals surface area contributed by atoms with Gasteiger partial charge in [0, 0.05) is 65.1 Å². The number of benzene rings is 1. The summed E-state index contributed by atoms with van der Waals surface area (Å²) in [4.78, 5) is 18.1. The quantitative estimate of drug-likeness (QED) is 0.553. The summed E-state index contributed by atoms with van der Waals surface area (Å²) in [7, 11) is 6.29. The SMILES string of the molecule is CN(C)c1nc(-c2ccc(N3CCN(OC4CCCC4)CC3)cc2)ccc1N(C)CC(C)(C)C. The molecule has 2 heterocycles. The Morgan fingerprint density at radius 2 is 1.56 bits per heavy atom. The first-order valence-corrected chi connectivity index (χ1v) is 12.9. The molecule has 4 rings (SSSR count). The lowest BCUT2D eigenvalue weighted by atomic mass is 9.96. The van der Waals surface area contributed by atoms with Crippen molar-refractivity contribution in [2.45, 2.75) is 52.6 Å². The minimum Gasteiger partial charge on any atom is -0.371 e. The van der Waals surface area contributed by atoms with Crippen LogP contribution in [0.25, 0.3) is 11.3 Å². The molecule has 186 valence electrons. The Bertz CT molecular complexity index is 923. The van der Waals surface area contributed by atoms with Crippen molar-refractivity contribution in [1.29, 1.82) is 0 Å². The lowest BCUT2D eigenvalue weighted by Gasteiger charge is -2.36. The smallest absolute Gasteiger partial charge is 0.152 e. The van der Waals surface area contributed by atoms with Crippen LogP contribution in [0.15, 0.2) is 36.4 Å². The maximum Gasteiger partial charge on any atom is 0.152 e. The van der Waals surface area contributed by atoms with Crippen LogP contribution in [0, 0.1) is 5.41 Å². The molecule has 0 unspecified atom stereocenters. The fourth-order valence-corrected chi connectivity index (χ4v) is 5.12.